The zero-order valence-corrected chi connectivity index (χ0v) is 10.2. The van der Waals surface area contributed by atoms with E-state index >= 15 is 0 Å². The molecule has 0 spiro atoms. The normalized spacial score (nSPS) is 15.8. The number of carbonyl (C=O) groups excluding carboxylic acids is 2. The molecule has 100 valence electrons. The zero-order valence-electron chi connectivity index (χ0n) is 10.2. The summed E-state index contributed by atoms with van der Waals surface area (Å²) in [4.78, 5) is 40.5. The largest absolute Gasteiger partial charge is 0.480 e. The first-order chi connectivity index (χ1) is 9.06. The van der Waals surface area contributed by atoms with Crippen LogP contribution in [0.2, 0.25) is 0 Å². The predicted octanol–water partition coefficient (Wildman–Crippen LogP) is -0.663. The van der Waals surface area contributed by atoms with Gasteiger partial charge in [0.2, 0.25) is 11.8 Å². The minimum Gasteiger partial charge on any atom is -0.480 e. The second-order valence-corrected chi connectivity index (χ2v) is 4.25. The van der Waals surface area contributed by atoms with Gasteiger partial charge in [-0.1, -0.05) is 0 Å². The molecule has 2 rings (SSSR count). The van der Waals surface area contributed by atoms with E-state index in [0.29, 0.717) is 6.54 Å². The van der Waals surface area contributed by atoms with Crippen LogP contribution in [0, 0.1) is 0 Å². The summed E-state index contributed by atoms with van der Waals surface area (Å²) in [5, 5.41) is 8.65. The number of carbonyl (C=O) groups is 3. The van der Waals surface area contributed by atoms with Gasteiger partial charge >= 0.3 is 5.97 Å². The van der Waals surface area contributed by atoms with Crippen molar-refractivity contribution in [2.75, 3.05) is 19.6 Å². The Labute approximate surface area is 109 Å². The van der Waals surface area contributed by atoms with Crippen LogP contribution in [0.1, 0.15) is 5.56 Å². The molecule has 0 unspecified atom stereocenters. The minimum atomic E-state index is -1.12. The third-order valence-corrected chi connectivity index (χ3v) is 2.81. The Hall–Kier alpha value is -2.44. The number of amides is 2. The molecule has 1 N–H and O–H groups in total. The number of aliphatic carboxylic acids is 1. The Balaban J connectivity index is 2.00. The number of hydrogen-bond acceptors (Lipinski definition) is 4. The second-order valence-electron chi connectivity index (χ2n) is 4.25. The fraction of sp³-hybridized carbons (Fsp3) is 0.333. The number of nitrogens with zero attached hydrogens (tertiary/aromatic N) is 3. The lowest BCUT2D eigenvalue weighted by atomic mass is 10.2. The molecule has 0 aliphatic carbocycles. The lowest BCUT2D eigenvalue weighted by Crippen LogP contribution is -2.54. The summed E-state index contributed by atoms with van der Waals surface area (Å²) in [6, 6.07) is 3.53. The van der Waals surface area contributed by atoms with Crippen LogP contribution in [-0.4, -0.2) is 57.3 Å². The van der Waals surface area contributed by atoms with E-state index in [1.807, 2.05) is 0 Å². The Kier molecular flexibility index (Phi) is 3.74. The third-order valence-electron chi connectivity index (χ3n) is 2.81. The molecule has 0 atom stereocenters. The molecule has 2 heterocycles. The molecule has 0 saturated carbocycles. The highest BCUT2D eigenvalue weighted by molar-refractivity contribution is 5.94. The van der Waals surface area contributed by atoms with Gasteiger partial charge in [0.15, 0.2) is 0 Å². The van der Waals surface area contributed by atoms with E-state index in [1.165, 1.54) is 4.90 Å². The molecule has 19 heavy (non-hydrogen) atoms. The molecule has 2 amide bonds. The van der Waals surface area contributed by atoms with Gasteiger partial charge in [-0.2, -0.15) is 0 Å². The minimum absolute atomic E-state index is 0.0889. The monoisotopic (exact) mass is 263 g/mol. The number of rotatable bonds is 4. The SMILES string of the molecule is O=C(O)CN1CC(=O)N(Cc2ccncc2)CC1=O. The van der Waals surface area contributed by atoms with Gasteiger partial charge in [0.05, 0.1) is 0 Å². The second kappa shape index (κ2) is 5.47. The zero-order chi connectivity index (χ0) is 13.8. The first kappa shape index (κ1) is 13.0. The molecule has 1 fully saturated rings. The maximum Gasteiger partial charge on any atom is 0.323 e. The summed E-state index contributed by atoms with van der Waals surface area (Å²) in [5.74, 6) is -1.72. The van der Waals surface area contributed by atoms with Gasteiger partial charge in [0, 0.05) is 18.9 Å². The van der Waals surface area contributed by atoms with Crippen molar-refractivity contribution in [3.63, 3.8) is 0 Å². The van der Waals surface area contributed by atoms with E-state index in [2.05, 4.69) is 4.98 Å². The molecule has 0 radical (unpaired) electrons. The van der Waals surface area contributed by atoms with Crippen molar-refractivity contribution >= 4 is 17.8 Å². The highest BCUT2D eigenvalue weighted by Gasteiger charge is 2.30. The summed E-state index contributed by atoms with van der Waals surface area (Å²) in [6.07, 6.45) is 3.23. The van der Waals surface area contributed by atoms with Gasteiger partial charge in [-0.3, -0.25) is 19.4 Å². The smallest absolute Gasteiger partial charge is 0.323 e. The Morgan fingerprint density at radius 3 is 2.37 bits per heavy atom. The highest BCUT2D eigenvalue weighted by atomic mass is 16.4. The maximum absolute atomic E-state index is 11.9. The van der Waals surface area contributed by atoms with Gasteiger partial charge in [0.25, 0.3) is 0 Å². The van der Waals surface area contributed by atoms with Crippen molar-refractivity contribution in [1.82, 2.24) is 14.8 Å². The Morgan fingerprint density at radius 2 is 1.74 bits per heavy atom. The molecule has 0 aromatic carbocycles. The van der Waals surface area contributed by atoms with E-state index in [-0.39, 0.29) is 24.9 Å². The standard InChI is InChI=1S/C12H13N3O4/c16-10-7-15(8-12(18)19)11(17)6-14(10)5-9-1-3-13-4-2-9/h1-4H,5-8H2,(H,18,19). The first-order valence-corrected chi connectivity index (χ1v) is 5.72. The molecule has 1 saturated heterocycles. The summed E-state index contributed by atoms with van der Waals surface area (Å²) >= 11 is 0. The van der Waals surface area contributed by atoms with Gasteiger partial charge in [-0.05, 0) is 17.7 Å². The number of pyridine rings is 1. The average Bonchev–Trinajstić information content (AvgIpc) is 2.36. The number of hydrogen-bond donors (Lipinski definition) is 1. The summed E-state index contributed by atoms with van der Waals surface area (Å²) in [5.41, 5.74) is 0.878. The van der Waals surface area contributed by atoms with Gasteiger partial charge < -0.3 is 14.9 Å². The van der Waals surface area contributed by atoms with E-state index in [1.54, 1.807) is 24.5 Å². The van der Waals surface area contributed by atoms with Crippen LogP contribution in [0.5, 0.6) is 0 Å². The fourth-order valence-corrected chi connectivity index (χ4v) is 1.86. The molecule has 0 bridgehead atoms. The predicted molar refractivity (Wildman–Crippen MR) is 63.9 cm³/mol. The third kappa shape index (κ3) is 3.27. The van der Waals surface area contributed by atoms with E-state index < -0.39 is 12.5 Å². The molecule has 7 nitrogen and oxygen atoms in total. The van der Waals surface area contributed by atoms with Crippen molar-refractivity contribution in [3.8, 4) is 0 Å². The van der Waals surface area contributed by atoms with E-state index in [9.17, 15) is 14.4 Å². The Bertz CT molecular complexity index is 503. The lowest BCUT2D eigenvalue weighted by Gasteiger charge is -2.33. The van der Waals surface area contributed by atoms with Crippen molar-refractivity contribution in [3.05, 3.63) is 30.1 Å². The summed E-state index contributed by atoms with van der Waals surface area (Å²) in [7, 11) is 0. The molecule has 1 aromatic heterocycles. The summed E-state index contributed by atoms with van der Waals surface area (Å²) < 4.78 is 0. The highest BCUT2D eigenvalue weighted by Crippen LogP contribution is 2.09. The number of piperazine rings is 1. The van der Waals surface area contributed by atoms with Crippen molar-refractivity contribution in [2.24, 2.45) is 0 Å². The lowest BCUT2D eigenvalue weighted by molar-refractivity contribution is -0.154. The topological polar surface area (TPSA) is 90.8 Å². The van der Waals surface area contributed by atoms with Crippen LogP contribution >= 0.6 is 0 Å². The van der Waals surface area contributed by atoms with Gasteiger partial charge in [0.1, 0.15) is 19.6 Å². The van der Waals surface area contributed by atoms with Crippen LogP contribution < -0.4 is 0 Å². The molecule has 1 aliphatic heterocycles. The summed E-state index contributed by atoms with van der Waals surface area (Å²) in [6.45, 7) is -0.383. The van der Waals surface area contributed by atoms with Crippen LogP contribution in [0.3, 0.4) is 0 Å². The number of carboxylic acid groups (broad SMARTS) is 1. The van der Waals surface area contributed by atoms with Crippen LogP contribution in [-0.2, 0) is 20.9 Å². The molecular weight excluding hydrogens is 250 g/mol. The molecular formula is C12H13N3O4. The maximum atomic E-state index is 11.9. The van der Waals surface area contributed by atoms with Crippen molar-refractivity contribution in [1.29, 1.82) is 0 Å². The van der Waals surface area contributed by atoms with Gasteiger partial charge in [-0.25, -0.2) is 0 Å². The van der Waals surface area contributed by atoms with E-state index in [4.69, 9.17) is 5.11 Å². The van der Waals surface area contributed by atoms with E-state index in [0.717, 1.165) is 10.5 Å². The average molecular weight is 263 g/mol. The van der Waals surface area contributed by atoms with Gasteiger partial charge in [-0.15, -0.1) is 0 Å². The van der Waals surface area contributed by atoms with Crippen LogP contribution in [0.25, 0.3) is 0 Å². The fourth-order valence-electron chi connectivity index (χ4n) is 1.86. The molecule has 1 aliphatic rings. The van der Waals surface area contributed by atoms with Crippen molar-refractivity contribution in [2.45, 2.75) is 6.54 Å². The quantitative estimate of drug-likeness (QED) is 0.778. The van der Waals surface area contributed by atoms with Crippen LogP contribution in [0.4, 0.5) is 0 Å². The Morgan fingerprint density at radius 1 is 1.16 bits per heavy atom. The first-order valence-electron chi connectivity index (χ1n) is 5.72. The molecule has 7 heteroatoms. The number of carboxylic acids is 1. The van der Waals surface area contributed by atoms with Crippen LogP contribution in [0.15, 0.2) is 24.5 Å². The molecule has 1 aromatic rings. The number of aromatic nitrogens is 1. The van der Waals surface area contributed by atoms with Crippen molar-refractivity contribution < 1.29 is 19.5 Å².